The Morgan fingerprint density at radius 3 is 2.73 bits per heavy atom. The smallest absolute Gasteiger partial charge is 0.248 e. The number of carbonyl (C=O) groups excluding carboxylic acids is 1. The Morgan fingerprint density at radius 1 is 1.30 bits per heavy atom. The fourth-order valence-corrected chi connectivity index (χ4v) is 6.23. The van der Waals surface area contributed by atoms with Crippen LogP contribution >= 0.6 is 0 Å². The number of aryl methyl sites for hydroxylation is 1. The van der Waals surface area contributed by atoms with Gasteiger partial charge in [0.05, 0.1) is 11.2 Å². The molecule has 1 N–H and O–H groups in total. The number of rotatable bonds is 6. The molecule has 2 aromatic rings. The molecule has 1 amide bonds. The lowest BCUT2D eigenvalue weighted by atomic mass is 9.72. The van der Waals surface area contributed by atoms with E-state index in [2.05, 4.69) is 15.2 Å². The number of ether oxygens (including phenoxy) is 1. The number of benzene rings is 1. The minimum atomic E-state index is -3.52. The van der Waals surface area contributed by atoms with Gasteiger partial charge in [0.2, 0.25) is 15.9 Å². The van der Waals surface area contributed by atoms with Crippen molar-refractivity contribution in [3.05, 3.63) is 47.5 Å². The number of methoxy groups -OCH3 is 1. The summed E-state index contributed by atoms with van der Waals surface area (Å²) >= 11 is 0. The molecule has 2 saturated heterocycles. The van der Waals surface area contributed by atoms with E-state index in [1.54, 1.807) is 9.21 Å². The first-order valence-corrected chi connectivity index (χ1v) is 11.6. The summed E-state index contributed by atoms with van der Waals surface area (Å²) in [7, 11) is -2.02. The number of hydrogen-bond donors (Lipinski definition) is 1. The average Bonchev–Trinajstić information content (AvgIpc) is 3.33. The van der Waals surface area contributed by atoms with E-state index in [1.165, 1.54) is 7.11 Å². The minimum Gasteiger partial charge on any atom is -0.375 e. The molecule has 4 rings (SSSR count). The van der Waals surface area contributed by atoms with Gasteiger partial charge in [-0.1, -0.05) is 30.3 Å². The Balaban J connectivity index is 1.62. The van der Waals surface area contributed by atoms with Gasteiger partial charge in [-0.25, -0.2) is 17.7 Å². The first kappa shape index (κ1) is 21.0. The largest absolute Gasteiger partial charge is 0.375 e. The molecule has 3 heterocycles. The maximum Gasteiger partial charge on any atom is 0.248 e. The lowest BCUT2D eigenvalue weighted by molar-refractivity contribution is -0.137. The fourth-order valence-electron chi connectivity index (χ4n) is 4.60. The molecule has 0 spiro atoms. The third-order valence-corrected chi connectivity index (χ3v) is 7.94. The van der Waals surface area contributed by atoms with Gasteiger partial charge in [-0.15, -0.1) is 0 Å². The maximum absolute atomic E-state index is 13.2. The molecular formula is C20H27N5O4S. The van der Waals surface area contributed by atoms with E-state index in [0.29, 0.717) is 44.2 Å². The van der Waals surface area contributed by atoms with Crippen molar-refractivity contribution in [2.45, 2.75) is 24.5 Å². The van der Waals surface area contributed by atoms with Crippen LogP contribution < -0.4 is 0 Å². The molecule has 1 aromatic carbocycles. The molecule has 1 aromatic heterocycles. The maximum atomic E-state index is 13.2. The molecule has 2 atom stereocenters. The molecule has 162 valence electrons. The standard InChI is InChI=1S/C20H27N5O4S/c1-15-21-19(23-22-15)20-8-9-24(18(26)12-29-2)10-17(20)11-25(14-20)30(27,28)13-16-6-4-3-5-7-16/h3-7,17H,8-14H2,1-2H3,(H,21,22,23)/t17-,20-/m1/s1. The highest BCUT2D eigenvalue weighted by Crippen LogP contribution is 2.45. The topological polar surface area (TPSA) is 108 Å². The van der Waals surface area contributed by atoms with Gasteiger partial charge in [0.15, 0.2) is 5.82 Å². The monoisotopic (exact) mass is 433 g/mol. The zero-order valence-corrected chi connectivity index (χ0v) is 18.1. The average molecular weight is 434 g/mol. The zero-order valence-electron chi connectivity index (χ0n) is 17.2. The van der Waals surface area contributed by atoms with Crippen LogP contribution in [0.2, 0.25) is 0 Å². The Hall–Kier alpha value is -2.30. The van der Waals surface area contributed by atoms with Gasteiger partial charge in [-0.3, -0.25) is 9.89 Å². The predicted octanol–water partition coefficient (Wildman–Crippen LogP) is 0.691. The third kappa shape index (κ3) is 3.86. The van der Waals surface area contributed by atoms with E-state index >= 15 is 0 Å². The minimum absolute atomic E-state index is 0.0233. The summed E-state index contributed by atoms with van der Waals surface area (Å²) in [6.45, 7) is 3.52. The lowest BCUT2D eigenvalue weighted by Crippen LogP contribution is -2.52. The van der Waals surface area contributed by atoms with Crippen LogP contribution in [-0.4, -0.2) is 78.6 Å². The van der Waals surface area contributed by atoms with Crippen LogP contribution in [0, 0.1) is 12.8 Å². The highest BCUT2D eigenvalue weighted by atomic mass is 32.2. The summed E-state index contributed by atoms with van der Waals surface area (Å²) < 4.78 is 33.0. The second-order valence-electron chi connectivity index (χ2n) is 8.15. The lowest BCUT2D eigenvalue weighted by Gasteiger charge is -2.41. The molecule has 30 heavy (non-hydrogen) atoms. The number of nitrogens with one attached hydrogen (secondary N) is 1. The molecule has 9 nitrogen and oxygen atoms in total. The van der Waals surface area contributed by atoms with E-state index in [1.807, 2.05) is 37.3 Å². The molecule has 0 unspecified atom stereocenters. The number of aromatic nitrogens is 3. The van der Waals surface area contributed by atoms with Crippen molar-refractivity contribution in [3.63, 3.8) is 0 Å². The fraction of sp³-hybridized carbons (Fsp3) is 0.550. The number of piperidine rings is 1. The molecule has 2 fully saturated rings. The van der Waals surface area contributed by atoms with Gasteiger partial charge >= 0.3 is 0 Å². The summed E-state index contributed by atoms with van der Waals surface area (Å²) in [6, 6.07) is 9.19. The third-order valence-electron chi connectivity index (χ3n) is 6.18. The Morgan fingerprint density at radius 2 is 2.07 bits per heavy atom. The molecular weight excluding hydrogens is 406 g/mol. The number of sulfonamides is 1. The summed E-state index contributed by atoms with van der Waals surface area (Å²) in [4.78, 5) is 18.7. The van der Waals surface area contributed by atoms with Crippen LogP contribution in [0.15, 0.2) is 30.3 Å². The number of aromatic amines is 1. The van der Waals surface area contributed by atoms with Crippen LogP contribution in [-0.2, 0) is 30.7 Å². The van der Waals surface area contributed by atoms with Crippen LogP contribution in [0.3, 0.4) is 0 Å². The molecule has 2 aliphatic rings. The van der Waals surface area contributed by atoms with Crippen molar-refractivity contribution in [2.75, 3.05) is 39.9 Å². The van der Waals surface area contributed by atoms with Gasteiger partial charge in [0, 0.05) is 39.2 Å². The van der Waals surface area contributed by atoms with Crippen molar-refractivity contribution in [3.8, 4) is 0 Å². The quantitative estimate of drug-likeness (QED) is 0.718. The first-order chi connectivity index (χ1) is 14.3. The molecule has 0 radical (unpaired) electrons. The summed E-state index contributed by atoms with van der Waals surface area (Å²) in [5.41, 5.74) is 0.255. The molecule has 0 aliphatic carbocycles. The Kier molecular flexibility index (Phi) is 5.65. The Labute approximate surface area is 176 Å². The zero-order chi connectivity index (χ0) is 21.4. The molecule has 10 heteroatoms. The van der Waals surface area contributed by atoms with Crippen molar-refractivity contribution >= 4 is 15.9 Å². The van der Waals surface area contributed by atoms with Crippen LogP contribution in [0.5, 0.6) is 0 Å². The second kappa shape index (κ2) is 8.09. The van der Waals surface area contributed by atoms with Gasteiger partial charge < -0.3 is 9.64 Å². The van der Waals surface area contributed by atoms with Crippen molar-refractivity contribution in [2.24, 2.45) is 5.92 Å². The van der Waals surface area contributed by atoms with Crippen molar-refractivity contribution in [1.82, 2.24) is 24.4 Å². The van der Waals surface area contributed by atoms with Crippen LogP contribution in [0.1, 0.15) is 23.6 Å². The molecule has 2 aliphatic heterocycles. The Bertz CT molecular complexity index is 1010. The number of likely N-dealkylation sites (tertiary alicyclic amines) is 1. The first-order valence-electron chi connectivity index (χ1n) is 10.0. The summed E-state index contributed by atoms with van der Waals surface area (Å²) in [5, 5.41) is 7.29. The summed E-state index contributed by atoms with van der Waals surface area (Å²) in [6.07, 6.45) is 0.613. The van der Waals surface area contributed by atoms with E-state index in [4.69, 9.17) is 4.74 Å². The highest BCUT2D eigenvalue weighted by molar-refractivity contribution is 7.88. The van der Waals surface area contributed by atoms with Gasteiger partial charge in [0.1, 0.15) is 12.4 Å². The number of H-pyrrole nitrogens is 1. The molecule has 0 bridgehead atoms. The van der Waals surface area contributed by atoms with E-state index in [0.717, 1.165) is 5.56 Å². The molecule has 0 saturated carbocycles. The number of hydrogen-bond acceptors (Lipinski definition) is 6. The van der Waals surface area contributed by atoms with E-state index in [-0.39, 0.29) is 24.2 Å². The predicted molar refractivity (Wildman–Crippen MR) is 110 cm³/mol. The number of fused-ring (bicyclic) bond motifs is 1. The van der Waals surface area contributed by atoms with Crippen LogP contribution in [0.4, 0.5) is 0 Å². The highest BCUT2D eigenvalue weighted by Gasteiger charge is 2.55. The van der Waals surface area contributed by atoms with E-state index in [9.17, 15) is 13.2 Å². The van der Waals surface area contributed by atoms with E-state index < -0.39 is 15.4 Å². The number of carbonyl (C=O) groups is 1. The van der Waals surface area contributed by atoms with Crippen molar-refractivity contribution in [1.29, 1.82) is 0 Å². The summed E-state index contributed by atoms with van der Waals surface area (Å²) in [5.74, 6) is 1.13. The SMILES string of the molecule is COCC(=O)N1CC[C@@]2(c3n[nH]c(C)n3)CN(S(=O)(=O)Cc3ccccc3)C[C@H]2C1. The van der Waals surface area contributed by atoms with Crippen LogP contribution in [0.25, 0.3) is 0 Å². The normalized spacial score (nSPS) is 24.7. The van der Waals surface area contributed by atoms with Gasteiger partial charge in [-0.2, -0.15) is 5.10 Å². The number of amides is 1. The van der Waals surface area contributed by atoms with Gasteiger partial charge in [-0.05, 0) is 18.9 Å². The number of nitrogens with zero attached hydrogens (tertiary/aromatic N) is 4. The second-order valence-corrected chi connectivity index (χ2v) is 10.1. The van der Waals surface area contributed by atoms with Crippen molar-refractivity contribution < 1.29 is 17.9 Å². The van der Waals surface area contributed by atoms with Gasteiger partial charge in [0.25, 0.3) is 0 Å².